The quantitative estimate of drug-likeness (QED) is 0.802. The van der Waals surface area contributed by atoms with Crippen LogP contribution < -0.4 is 5.32 Å². The molecule has 2 N–H and O–H groups in total. The van der Waals surface area contributed by atoms with Crippen molar-refractivity contribution in [3.63, 3.8) is 0 Å². The van der Waals surface area contributed by atoms with E-state index in [9.17, 15) is 0 Å². The van der Waals surface area contributed by atoms with E-state index in [4.69, 9.17) is 5.11 Å². The Labute approximate surface area is 112 Å². The smallest absolute Gasteiger partial charge is 0.0496 e. The average Bonchev–Trinajstić information content (AvgIpc) is 2.43. The number of piperidine rings is 1. The Morgan fingerprint density at radius 2 is 1.83 bits per heavy atom. The summed E-state index contributed by atoms with van der Waals surface area (Å²) in [6, 6.07) is 10.3. The number of aryl methyl sites for hydroxylation is 1. The van der Waals surface area contributed by atoms with E-state index in [1.165, 1.54) is 12.0 Å². The molecule has 0 bridgehead atoms. The summed E-state index contributed by atoms with van der Waals surface area (Å²) in [4.78, 5) is 0. The lowest BCUT2D eigenvalue weighted by atomic mass is 9.84. The highest BCUT2D eigenvalue weighted by molar-refractivity contribution is 5.11. The molecule has 2 rings (SSSR count). The van der Waals surface area contributed by atoms with Crippen molar-refractivity contribution < 1.29 is 5.11 Å². The van der Waals surface area contributed by atoms with Crippen molar-refractivity contribution in [2.24, 2.45) is 5.41 Å². The van der Waals surface area contributed by atoms with Gasteiger partial charge < -0.3 is 10.4 Å². The van der Waals surface area contributed by atoms with Crippen LogP contribution in [-0.2, 0) is 0 Å². The summed E-state index contributed by atoms with van der Waals surface area (Å²) in [6.45, 7) is 10.6. The van der Waals surface area contributed by atoms with Crippen LogP contribution in [-0.4, -0.2) is 24.8 Å². The summed E-state index contributed by atoms with van der Waals surface area (Å²) in [5.41, 5.74) is 1.49. The van der Waals surface area contributed by atoms with Crippen molar-refractivity contribution in [3.05, 3.63) is 35.9 Å². The van der Waals surface area contributed by atoms with E-state index < -0.39 is 0 Å². The van der Waals surface area contributed by atoms with Crippen LogP contribution >= 0.6 is 0 Å². The highest BCUT2D eigenvalue weighted by Gasteiger charge is 2.24. The van der Waals surface area contributed by atoms with Crippen LogP contribution in [0.2, 0.25) is 0 Å². The summed E-state index contributed by atoms with van der Waals surface area (Å²) in [5.74, 6) is 0. The zero-order valence-electron chi connectivity index (χ0n) is 12.4. The van der Waals surface area contributed by atoms with Crippen molar-refractivity contribution >= 4 is 0 Å². The van der Waals surface area contributed by atoms with Gasteiger partial charge in [0.15, 0.2) is 0 Å². The largest absolute Gasteiger partial charge is 0.396 e. The van der Waals surface area contributed by atoms with Gasteiger partial charge in [0.25, 0.3) is 0 Å². The molecule has 1 unspecified atom stereocenters. The van der Waals surface area contributed by atoms with Gasteiger partial charge in [0.2, 0.25) is 0 Å². The minimum Gasteiger partial charge on any atom is -0.396 e. The van der Waals surface area contributed by atoms with E-state index in [-0.39, 0.29) is 5.41 Å². The maximum atomic E-state index is 8.91. The lowest BCUT2D eigenvalue weighted by molar-refractivity contribution is 0.113. The van der Waals surface area contributed by atoms with Gasteiger partial charge in [0.1, 0.15) is 0 Å². The van der Waals surface area contributed by atoms with E-state index in [1.54, 1.807) is 0 Å². The first-order valence-corrected chi connectivity index (χ1v) is 6.99. The Morgan fingerprint density at radius 1 is 1.22 bits per heavy atom. The number of aliphatic hydroxyl groups excluding tert-OH is 1. The molecule has 1 aromatic rings. The molecule has 1 aliphatic rings. The molecule has 1 heterocycles. The van der Waals surface area contributed by atoms with Crippen LogP contribution in [0.25, 0.3) is 0 Å². The van der Waals surface area contributed by atoms with Crippen LogP contribution in [0, 0.1) is 12.3 Å². The maximum absolute atomic E-state index is 8.91. The normalized spacial score (nSPS) is 22.1. The fourth-order valence-electron chi connectivity index (χ4n) is 1.79. The van der Waals surface area contributed by atoms with Gasteiger partial charge in [-0.2, -0.15) is 0 Å². The molecule has 0 amide bonds. The Bertz CT molecular complexity index is 278. The molecule has 2 heteroatoms. The first kappa shape index (κ1) is 17.1. The summed E-state index contributed by atoms with van der Waals surface area (Å²) in [6.07, 6.45) is 2.37. The SMILES string of the molecule is CC.CC1(CO)CCCNC1.Cc1ccccc1. The summed E-state index contributed by atoms with van der Waals surface area (Å²) in [5, 5.41) is 12.2. The molecular formula is C16H29NO. The second-order valence-corrected chi connectivity index (χ2v) is 4.90. The number of rotatable bonds is 1. The summed E-state index contributed by atoms with van der Waals surface area (Å²) < 4.78 is 0. The third-order valence-electron chi connectivity index (χ3n) is 3.01. The zero-order valence-corrected chi connectivity index (χ0v) is 12.4. The van der Waals surface area contributed by atoms with E-state index >= 15 is 0 Å². The van der Waals surface area contributed by atoms with Gasteiger partial charge in [0, 0.05) is 18.6 Å². The molecule has 1 atom stereocenters. The second-order valence-electron chi connectivity index (χ2n) is 4.90. The first-order valence-electron chi connectivity index (χ1n) is 6.99. The monoisotopic (exact) mass is 251 g/mol. The first-order chi connectivity index (χ1) is 8.66. The van der Waals surface area contributed by atoms with Crippen molar-refractivity contribution in [2.75, 3.05) is 19.7 Å². The molecule has 0 saturated carbocycles. The molecular weight excluding hydrogens is 222 g/mol. The third kappa shape index (κ3) is 7.46. The Hall–Kier alpha value is -0.860. The Balaban J connectivity index is 0.000000289. The highest BCUT2D eigenvalue weighted by atomic mass is 16.3. The molecule has 1 saturated heterocycles. The number of benzene rings is 1. The van der Waals surface area contributed by atoms with Gasteiger partial charge in [-0.05, 0) is 26.3 Å². The lowest BCUT2D eigenvalue weighted by Crippen LogP contribution is -2.40. The van der Waals surface area contributed by atoms with Crippen LogP contribution in [0.15, 0.2) is 30.3 Å². The van der Waals surface area contributed by atoms with Crippen LogP contribution in [0.1, 0.15) is 39.2 Å². The molecule has 1 fully saturated rings. The van der Waals surface area contributed by atoms with Gasteiger partial charge in [-0.15, -0.1) is 0 Å². The fraction of sp³-hybridized carbons (Fsp3) is 0.625. The number of hydrogen-bond acceptors (Lipinski definition) is 2. The van der Waals surface area contributed by atoms with Gasteiger partial charge in [-0.1, -0.05) is 56.7 Å². The van der Waals surface area contributed by atoms with Crippen molar-refractivity contribution in [1.82, 2.24) is 5.32 Å². The molecule has 104 valence electrons. The molecule has 0 aliphatic carbocycles. The fourth-order valence-corrected chi connectivity index (χ4v) is 1.79. The Kier molecular flexibility index (Phi) is 9.62. The molecule has 2 nitrogen and oxygen atoms in total. The number of hydrogen-bond donors (Lipinski definition) is 2. The third-order valence-corrected chi connectivity index (χ3v) is 3.01. The van der Waals surface area contributed by atoms with E-state index in [1.807, 2.05) is 32.0 Å². The van der Waals surface area contributed by atoms with E-state index in [0.29, 0.717) is 6.61 Å². The van der Waals surface area contributed by atoms with Crippen LogP contribution in [0.4, 0.5) is 0 Å². The predicted octanol–water partition coefficient (Wildman–Crippen LogP) is 3.39. The lowest BCUT2D eigenvalue weighted by Gasteiger charge is -2.31. The summed E-state index contributed by atoms with van der Waals surface area (Å²) in [7, 11) is 0. The minimum atomic E-state index is 0.165. The maximum Gasteiger partial charge on any atom is 0.0496 e. The van der Waals surface area contributed by atoms with Crippen molar-refractivity contribution in [3.8, 4) is 0 Å². The topological polar surface area (TPSA) is 32.3 Å². The molecule has 1 aliphatic heterocycles. The van der Waals surface area contributed by atoms with Crippen LogP contribution in [0.5, 0.6) is 0 Å². The van der Waals surface area contributed by atoms with Crippen LogP contribution in [0.3, 0.4) is 0 Å². The summed E-state index contributed by atoms with van der Waals surface area (Å²) >= 11 is 0. The van der Waals surface area contributed by atoms with Gasteiger partial charge >= 0.3 is 0 Å². The molecule has 18 heavy (non-hydrogen) atoms. The van der Waals surface area contributed by atoms with E-state index in [0.717, 1.165) is 19.5 Å². The average molecular weight is 251 g/mol. The van der Waals surface area contributed by atoms with Gasteiger partial charge in [-0.25, -0.2) is 0 Å². The molecule has 0 radical (unpaired) electrons. The van der Waals surface area contributed by atoms with Crippen molar-refractivity contribution in [1.29, 1.82) is 0 Å². The van der Waals surface area contributed by atoms with Gasteiger partial charge in [-0.3, -0.25) is 0 Å². The number of nitrogens with one attached hydrogen (secondary N) is 1. The standard InChI is InChI=1S/C7H15NO.C7H8.C2H6/c1-7(6-9)3-2-4-8-5-7;1-7-5-3-2-4-6-7;1-2/h8-9H,2-6H2,1H3;2-6H,1H3;1-2H3. The second kappa shape index (κ2) is 10.1. The molecule has 0 spiro atoms. The highest BCUT2D eigenvalue weighted by Crippen LogP contribution is 2.23. The molecule has 0 aromatic heterocycles. The van der Waals surface area contributed by atoms with Gasteiger partial charge in [0.05, 0.1) is 0 Å². The zero-order chi connectivity index (χ0) is 13.9. The van der Waals surface area contributed by atoms with E-state index in [2.05, 4.69) is 31.3 Å². The number of aliphatic hydroxyl groups is 1. The minimum absolute atomic E-state index is 0.165. The molecule has 1 aromatic carbocycles. The van der Waals surface area contributed by atoms with Crippen molar-refractivity contribution in [2.45, 2.75) is 40.5 Å². The Morgan fingerprint density at radius 3 is 2.11 bits per heavy atom. The predicted molar refractivity (Wildman–Crippen MR) is 79.8 cm³/mol.